The van der Waals surface area contributed by atoms with E-state index >= 15 is 0 Å². The minimum absolute atomic E-state index is 0.0855. The molecule has 0 atom stereocenters. The number of fused-ring (bicyclic) bond motifs is 1. The first kappa shape index (κ1) is 20.7. The third kappa shape index (κ3) is 4.19. The molecule has 2 aromatic carbocycles. The average molecular weight is 441 g/mol. The summed E-state index contributed by atoms with van der Waals surface area (Å²) in [5.41, 5.74) is 0.509. The number of carbonyl (C=O) groups is 1. The molecule has 1 N–H and O–H groups in total. The second-order valence-corrected chi connectivity index (χ2v) is 7.72. The highest BCUT2D eigenvalue weighted by Crippen LogP contribution is 2.23. The van der Waals surface area contributed by atoms with E-state index in [-0.39, 0.29) is 27.9 Å². The Labute approximate surface area is 179 Å². The first-order chi connectivity index (χ1) is 14.8. The van der Waals surface area contributed by atoms with E-state index in [2.05, 4.69) is 15.4 Å². The Morgan fingerprint density at radius 1 is 1.16 bits per heavy atom. The van der Waals surface area contributed by atoms with Gasteiger partial charge in [-0.15, -0.1) is 0 Å². The molecule has 0 saturated heterocycles. The zero-order valence-corrected chi connectivity index (χ0v) is 17.4. The van der Waals surface area contributed by atoms with Gasteiger partial charge in [-0.1, -0.05) is 23.9 Å². The molecule has 0 fully saturated rings. The topological polar surface area (TPSA) is 81.8 Å². The molecule has 0 aliphatic heterocycles. The number of carbonyl (C=O) groups excluding carboxylic acids is 1. The van der Waals surface area contributed by atoms with Gasteiger partial charge in [0.1, 0.15) is 17.5 Å². The van der Waals surface area contributed by atoms with Crippen molar-refractivity contribution >= 4 is 34.4 Å². The van der Waals surface area contributed by atoms with Gasteiger partial charge in [-0.05, 0) is 31.2 Å². The molecule has 2 aromatic heterocycles. The van der Waals surface area contributed by atoms with Crippen molar-refractivity contribution in [3.63, 3.8) is 0 Å². The predicted octanol–water partition coefficient (Wildman–Crippen LogP) is 3.44. The first-order valence-electron chi connectivity index (χ1n) is 9.24. The van der Waals surface area contributed by atoms with E-state index < -0.39 is 17.2 Å². The van der Waals surface area contributed by atoms with Crippen LogP contribution < -0.4 is 10.9 Å². The van der Waals surface area contributed by atoms with Gasteiger partial charge in [0, 0.05) is 19.2 Å². The van der Waals surface area contributed by atoms with Crippen LogP contribution in [0.1, 0.15) is 5.69 Å². The number of benzene rings is 2. The van der Waals surface area contributed by atoms with Gasteiger partial charge in [-0.2, -0.15) is 5.10 Å². The number of hydrogen-bond acceptors (Lipinski definition) is 5. The highest BCUT2D eigenvalue weighted by Gasteiger charge is 2.18. The molecule has 2 heterocycles. The van der Waals surface area contributed by atoms with Crippen LogP contribution >= 0.6 is 11.8 Å². The molecule has 0 aliphatic rings. The van der Waals surface area contributed by atoms with Crippen LogP contribution in [0.4, 0.5) is 14.6 Å². The van der Waals surface area contributed by atoms with Gasteiger partial charge in [0.2, 0.25) is 5.91 Å². The second-order valence-electron chi connectivity index (χ2n) is 6.78. The van der Waals surface area contributed by atoms with Crippen LogP contribution in [0.25, 0.3) is 16.6 Å². The van der Waals surface area contributed by atoms with Crippen molar-refractivity contribution in [1.82, 2.24) is 19.3 Å². The average Bonchev–Trinajstić information content (AvgIpc) is 3.04. The fourth-order valence-electron chi connectivity index (χ4n) is 3.12. The highest BCUT2D eigenvalue weighted by molar-refractivity contribution is 7.99. The summed E-state index contributed by atoms with van der Waals surface area (Å²) in [6.07, 6.45) is 0. The summed E-state index contributed by atoms with van der Waals surface area (Å²) in [7, 11) is 1.70. The number of thioether (sulfide) groups is 1. The molecule has 7 nitrogen and oxygen atoms in total. The fourth-order valence-corrected chi connectivity index (χ4v) is 3.93. The lowest BCUT2D eigenvalue weighted by Gasteiger charge is -2.14. The second kappa shape index (κ2) is 8.31. The zero-order chi connectivity index (χ0) is 22.1. The minimum atomic E-state index is -0.907. The molecular formula is C21H17F2N5O2S. The lowest BCUT2D eigenvalue weighted by atomic mass is 10.2. The fraction of sp³-hybridized carbons (Fsp3) is 0.143. The number of aromatic nitrogens is 4. The van der Waals surface area contributed by atoms with Gasteiger partial charge in [0.05, 0.1) is 28.0 Å². The summed E-state index contributed by atoms with van der Waals surface area (Å²) in [4.78, 5) is 30.0. The number of hydrogen-bond donors (Lipinski definition) is 1. The predicted molar refractivity (Wildman–Crippen MR) is 115 cm³/mol. The van der Waals surface area contributed by atoms with Gasteiger partial charge < -0.3 is 5.32 Å². The van der Waals surface area contributed by atoms with Crippen LogP contribution in [0.5, 0.6) is 0 Å². The summed E-state index contributed by atoms with van der Waals surface area (Å²) in [6, 6.07) is 11.3. The molecule has 0 bridgehead atoms. The van der Waals surface area contributed by atoms with Crippen molar-refractivity contribution in [1.29, 1.82) is 0 Å². The van der Waals surface area contributed by atoms with Crippen LogP contribution in [0.15, 0.2) is 58.5 Å². The summed E-state index contributed by atoms with van der Waals surface area (Å²) in [6.45, 7) is 1.80. The molecule has 0 aliphatic carbocycles. The molecular weight excluding hydrogens is 424 g/mol. The van der Waals surface area contributed by atoms with Crippen molar-refractivity contribution in [3.8, 4) is 5.69 Å². The molecule has 31 heavy (non-hydrogen) atoms. The SMILES string of the molecule is Cc1cc(NC(=O)CSc2nc3ccccc3c(=O)n2-c2ccc(F)cc2F)n(C)n1. The van der Waals surface area contributed by atoms with E-state index in [1.165, 1.54) is 10.7 Å². The van der Waals surface area contributed by atoms with Crippen molar-refractivity contribution in [3.05, 3.63) is 76.2 Å². The van der Waals surface area contributed by atoms with E-state index in [1.54, 1.807) is 44.3 Å². The van der Waals surface area contributed by atoms with E-state index in [4.69, 9.17) is 0 Å². The molecule has 4 rings (SSSR count). The Bertz CT molecular complexity index is 1370. The summed E-state index contributed by atoms with van der Waals surface area (Å²) in [5.74, 6) is -1.57. The van der Waals surface area contributed by atoms with Crippen molar-refractivity contribution in [2.45, 2.75) is 12.1 Å². The van der Waals surface area contributed by atoms with Gasteiger partial charge in [-0.3, -0.25) is 18.8 Å². The Morgan fingerprint density at radius 3 is 2.65 bits per heavy atom. The minimum Gasteiger partial charge on any atom is -0.310 e. The van der Waals surface area contributed by atoms with Crippen LogP contribution in [0.2, 0.25) is 0 Å². The van der Waals surface area contributed by atoms with E-state index in [9.17, 15) is 18.4 Å². The molecule has 10 heteroatoms. The number of amides is 1. The maximum atomic E-state index is 14.5. The van der Waals surface area contributed by atoms with Gasteiger partial charge in [0.25, 0.3) is 5.56 Å². The number of anilines is 1. The quantitative estimate of drug-likeness (QED) is 0.379. The third-order valence-electron chi connectivity index (χ3n) is 4.50. The van der Waals surface area contributed by atoms with Crippen LogP contribution in [-0.2, 0) is 11.8 Å². The van der Waals surface area contributed by atoms with E-state index in [0.717, 1.165) is 28.1 Å². The Morgan fingerprint density at radius 2 is 1.94 bits per heavy atom. The van der Waals surface area contributed by atoms with E-state index in [1.807, 2.05) is 0 Å². The monoisotopic (exact) mass is 441 g/mol. The number of halogens is 2. The molecule has 4 aromatic rings. The van der Waals surface area contributed by atoms with Crippen LogP contribution in [0.3, 0.4) is 0 Å². The number of aryl methyl sites for hydroxylation is 2. The molecule has 158 valence electrons. The first-order valence-corrected chi connectivity index (χ1v) is 10.2. The third-order valence-corrected chi connectivity index (χ3v) is 5.44. The molecule has 0 spiro atoms. The van der Waals surface area contributed by atoms with Crippen molar-refractivity contribution in [2.24, 2.45) is 7.05 Å². The van der Waals surface area contributed by atoms with Crippen LogP contribution in [0, 0.1) is 18.6 Å². The van der Waals surface area contributed by atoms with Gasteiger partial charge >= 0.3 is 0 Å². The molecule has 1 amide bonds. The smallest absolute Gasteiger partial charge is 0.266 e. The van der Waals surface area contributed by atoms with Crippen LogP contribution in [-0.4, -0.2) is 31.0 Å². The largest absolute Gasteiger partial charge is 0.310 e. The molecule has 0 unspecified atom stereocenters. The molecule has 0 saturated carbocycles. The van der Waals surface area contributed by atoms with E-state index in [0.29, 0.717) is 17.4 Å². The number of rotatable bonds is 5. The molecule has 0 radical (unpaired) electrons. The number of para-hydroxylation sites is 1. The Hall–Kier alpha value is -3.53. The summed E-state index contributed by atoms with van der Waals surface area (Å²) in [5, 5.41) is 7.30. The lowest BCUT2D eigenvalue weighted by Crippen LogP contribution is -2.24. The summed E-state index contributed by atoms with van der Waals surface area (Å²) >= 11 is 0.974. The lowest BCUT2D eigenvalue weighted by molar-refractivity contribution is -0.113. The number of nitrogens with zero attached hydrogens (tertiary/aromatic N) is 4. The van der Waals surface area contributed by atoms with Crippen molar-refractivity contribution < 1.29 is 13.6 Å². The summed E-state index contributed by atoms with van der Waals surface area (Å²) < 4.78 is 30.5. The Balaban J connectivity index is 1.71. The highest BCUT2D eigenvalue weighted by atomic mass is 32.2. The van der Waals surface area contributed by atoms with Crippen molar-refractivity contribution in [2.75, 3.05) is 11.1 Å². The maximum Gasteiger partial charge on any atom is 0.266 e. The number of nitrogens with one attached hydrogen (secondary N) is 1. The zero-order valence-electron chi connectivity index (χ0n) is 16.6. The van der Waals surface area contributed by atoms with Gasteiger partial charge in [0.15, 0.2) is 5.16 Å². The van der Waals surface area contributed by atoms with Gasteiger partial charge in [-0.25, -0.2) is 13.8 Å². The maximum absolute atomic E-state index is 14.5. The Kier molecular flexibility index (Phi) is 5.55. The standard InChI is InChI=1S/C21H17F2N5O2S/c1-12-9-18(27(2)26-12)25-19(29)11-31-21-24-16-6-4-3-5-14(16)20(30)28(21)17-8-7-13(22)10-15(17)23/h3-10H,11H2,1-2H3,(H,25,29). The normalized spacial score (nSPS) is 11.1.